The van der Waals surface area contributed by atoms with Crippen LogP contribution >= 0.6 is 10.8 Å². The Bertz CT molecular complexity index is 1050. The van der Waals surface area contributed by atoms with Crippen LogP contribution in [0, 0.1) is 0 Å². The monoisotopic (exact) mass is 502 g/mol. The zero-order valence-corrected chi connectivity index (χ0v) is 25.0. The SMILES string of the molecule is CC(C)c1cc(C(C)C)c(SS(=O)(=O)c2c(C(C)C)cc(C(C)C)cc2C(C)C)c(C(C)C)c1. The lowest BCUT2D eigenvalue weighted by molar-refractivity contribution is 0.605. The smallest absolute Gasteiger partial charge is 0.212 e. The Morgan fingerprint density at radius 1 is 0.500 bits per heavy atom. The molecule has 0 unspecified atom stereocenters. The van der Waals surface area contributed by atoms with Gasteiger partial charge in [-0.15, -0.1) is 0 Å². The molecule has 0 heterocycles. The first-order chi connectivity index (χ1) is 15.6. The molecule has 2 nitrogen and oxygen atoms in total. The molecular formula is C30H46O2S2. The van der Waals surface area contributed by atoms with Crippen molar-refractivity contribution in [2.75, 3.05) is 0 Å². The van der Waals surface area contributed by atoms with E-state index in [0.29, 0.717) is 16.7 Å². The van der Waals surface area contributed by atoms with Gasteiger partial charge >= 0.3 is 0 Å². The van der Waals surface area contributed by atoms with Crippen molar-refractivity contribution in [1.82, 2.24) is 0 Å². The summed E-state index contributed by atoms with van der Waals surface area (Å²) in [5.74, 6) is 1.48. The van der Waals surface area contributed by atoms with E-state index in [1.54, 1.807) is 0 Å². The molecule has 0 saturated heterocycles. The van der Waals surface area contributed by atoms with Gasteiger partial charge in [0.05, 0.1) is 4.90 Å². The van der Waals surface area contributed by atoms with E-state index < -0.39 is 8.87 Å². The minimum Gasteiger partial charge on any atom is -0.212 e. The number of benzene rings is 2. The Morgan fingerprint density at radius 3 is 1.06 bits per heavy atom. The zero-order chi connectivity index (χ0) is 26.1. The van der Waals surface area contributed by atoms with Gasteiger partial charge in [-0.3, -0.25) is 0 Å². The Labute approximate surface area is 213 Å². The first-order valence-electron chi connectivity index (χ1n) is 12.9. The molecule has 0 bridgehead atoms. The average Bonchev–Trinajstić information content (AvgIpc) is 2.71. The normalized spacial score (nSPS) is 12.9. The summed E-state index contributed by atoms with van der Waals surface area (Å²) in [5.41, 5.74) is 6.65. The standard InChI is InChI=1S/C30H46O2S2/c1-17(2)23-13-25(19(5)6)29(26(14-23)20(7)8)33-34(31,32)30-27(21(9)10)15-24(18(3)4)16-28(30)22(11)12/h13-22H,1-12H3. The van der Waals surface area contributed by atoms with E-state index in [-0.39, 0.29) is 23.7 Å². The molecule has 0 fully saturated rings. The molecule has 2 aromatic rings. The number of hydrogen-bond acceptors (Lipinski definition) is 3. The van der Waals surface area contributed by atoms with Crippen LogP contribution in [0.3, 0.4) is 0 Å². The molecule has 0 spiro atoms. The Hall–Kier alpha value is -1.26. The molecule has 0 aliphatic carbocycles. The summed E-state index contributed by atoms with van der Waals surface area (Å²) in [7, 11) is -2.56. The number of rotatable bonds is 9. The first-order valence-corrected chi connectivity index (χ1v) is 15.7. The Kier molecular flexibility index (Phi) is 9.55. The van der Waals surface area contributed by atoms with Crippen molar-refractivity contribution in [2.24, 2.45) is 0 Å². The van der Waals surface area contributed by atoms with Gasteiger partial charge in [0.25, 0.3) is 0 Å². The van der Waals surface area contributed by atoms with Gasteiger partial charge in [0, 0.05) is 15.7 Å². The Balaban J connectivity index is 2.86. The van der Waals surface area contributed by atoms with Crippen LogP contribution in [0.1, 0.15) is 152 Å². The summed E-state index contributed by atoms with van der Waals surface area (Å²) < 4.78 is 28.5. The summed E-state index contributed by atoms with van der Waals surface area (Å²) in [6.45, 7) is 25.8. The molecule has 0 aliphatic rings. The van der Waals surface area contributed by atoms with Crippen LogP contribution in [0.15, 0.2) is 34.1 Å². The van der Waals surface area contributed by atoms with Crippen molar-refractivity contribution in [3.63, 3.8) is 0 Å². The van der Waals surface area contributed by atoms with Gasteiger partial charge in [0.2, 0.25) is 8.87 Å². The molecule has 0 radical (unpaired) electrons. The summed E-state index contributed by atoms with van der Waals surface area (Å²) in [5, 5.41) is 0. The molecule has 190 valence electrons. The van der Waals surface area contributed by atoms with Crippen LogP contribution in [0.4, 0.5) is 0 Å². The highest BCUT2D eigenvalue weighted by Crippen LogP contribution is 2.46. The van der Waals surface area contributed by atoms with E-state index >= 15 is 0 Å². The van der Waals surface area contributed by atoms with Gasteiger partial charge in [-0.25, -0.2) is 8.42 Å². The fourth-order valence-corrected chi connectivity index (χ4v) is 8.63. The van der Waals surface area contributed by atoms with Crippen molar-refractivity contribution in [1.29, 1.82) is 0 Å². The first kappa shape index (κ1) is 29.0. The average molecular weight is 503 g/mol. The van der Waals surface area contributed by atoms with Gasteiger partial charge < -0.3 is 0 Å². The van der Waals surface area contributed by atoms with Crippen molar-refractivity contribution < 1.29 is 8.42 Å². The van der Waals surface area contributed by atoms with Crippen LogP contribution in [-0.2, 0) is 8.87 Å². The third kappa shape index (κ3) is 6.29. The molecule has 0 saturated carbocycles. The zero-order valence-electron chi connectivity index (χ0n) is 23.4. The maximum absolute atomic E-state index is 14.3. The lowest BCUT2D eigenvalue weighted by atomic mass is 9.89. The molecule has 0 N–H and O–H groups in total. The van der Waals surface area contributed by atoms with Gasteiger partial charge in [-0.2, -0.15) is 0 Å². The lowest BCUT2D eigenvalue weighted by Crippen LogP contribution is -2.11. The second-order valence-electron chi connectivity index (χ2n) is 11.5. The summed E-state index contributed by atoms with van der Waals surface area (Å²) in [4.78, 5) is 1.45. The third-order valence-corrected chi connectivity index (χ3v) is 10.1. The van der Waals surface area contributed by atoms with Crippen LogP contribution in [0.2, 0.25) is 0 Å². The molecule has 0 aliphatic heterocycles. The van der Waals surface area contributed by atoms with E-state index in [0.717, 1.165) is 37.9 Å². The minimum absolute atomic E-state index is 0.124. The van der Waals surface area contributed by atoms with Crippen molar-refractivity contribution in [3.8, 4) is 0 Å². The van der Waals surface area contributed by atoms with E-state index in [2.05, 4.69) is 107 Å². The molecule has 0 atom stereocenters. The van der Waals surface area contributed by atoms with Crippen LogP contribution < -0.4 is 0 Å². The van der Waals surface area contributed by atoms with E-state index in [9.17, 15) is 8.42 Å². The molecular weight excluding hydrogens is 456 g/mol. The van der Waals surface area contributed by atoms with Gasteiger partial charge in [-0.05, 0) is 68.9 Å². The predicted molar refractivity (Wildman–Crippen MR) is 150 cm³/mol. The lowest BCUT2D eigenvalue weighted by Gasteiger charge is -2.25. The fourth-order valence-electron chi connectivity index (χ4n) is 4.32. The predicted octanol–water partition coefficient (Wildman–Crippen LogP) is 9.91. The Morgan fingerprint density at radius 2 is 0.794 bits per heavy atom. The summed E-state index contributed by atoms with van der Waals surface area (Å²) in [6.07, 6.45) is 0. The maximum Gasteiger partial charge on any atom is 0.235 e. The highest BCUT2D eigenvalue weighted by atomic mass is 33.1. The molecule has 34 heavy (non-hydrogen) atoms. The second-order valence-corrected chi connectivity index (χ2v) is 15.2. The van der Waals surface area contributed by atoms with Crippen molar-refractivity contribution >= 4 is 19.7 Å². The summed E-state index contributed by atoms with van der Waals surface area (Å²) in [6, 6.07) is 8.72. The molecule has 4 heteroatoms. The fraction of sp³-hybridized carbons (Fsp3) is 0.600. The van der Waals surface area contributed by atoms with E-state index in [4.69, 9.17) is 0 Å². The second kappa shape index (κ2) is 11.2. The van der Waals surface area contributed by atoms with Crippen LogP contribution in [0.25, 0.3) is 0 Å². The molecule has 0 amide bonds. The molecule has 2 aromatic carbocycles. The maximum atomic E-state index is 14.3. The van der Waals surface area contributed by atoms with Gasteiger partial charge in [-0.1, -0.05) is 107 Å². The molecule has 0 aromatic heterocycles. The van der Waals surface area contributed by atoms with E-state index in [1.807, 2.05) is 0 Å². The molecule has 2 rings (SSSR count). The topological polar surface area (TPSA) is 34.1 Å². The van der Waals surface area contributed by atoms with Crippen LogP contribution in [-0.4, -0.2) is 8.42 Å². The largest absolute Gasteiger partial charge is 0.235 e. The van der Waals surface area contributed by atoms with Gasteiger partial charge in [0.15, 0.2) is 0 Å². The summed E-state index contributed by atoms with van der Waals surface area (Å²) >= 11 is 0. The van der Waals surface area contributed by atoms with E-state index in [1.165, 1.54) is 11.1 Å². The quantitative estimate of drug-likeness (QED) is 0.320. The van der Waals surface area contributed by atoms with Crippen molar-refractivity contribution in [2.45, 2.75) is 128 Å². The highest BCUT2D eigenvalue weighted by Gasteiger charge is 2.30. The van der Waals surface area contributed by atoms with Gasteiger partial charge in [0.1, 0.15) is 0 Å². The highest BCUT2D eigenvalue weighted by molar-refractivity contribution is 8.72. The van der Waals surface area contributed by atoms with Crippen LogP contribution in [0.5, 0.6) is 0 Å². The third-order valence-electron chi connectivity index (χ3n) is 6.60. The van der Waals surface area contributed by atoms with Crippen molar-refractivity contribution in [3.05, 3.63) is 57.6 Å². The number of hydrogen-bond donors (Lipinski definition) is 0. The minimum atomic E-state index is -3.64.